The predicted octanol–water partition coefficient (Wildman–Crippen LogP) is 1.76. The average molecular weight is 156 g/mol. The number of methoxy groups -OCH3 is 1. The molecule has 1 aliphatic rings. The summed E-state index contributed by atoms with van der Waals surface area (Å²) in [6.07, 6.45) is 2.26. The minimum absolute atomic E-state index is 0.0263. The highest BCUT2D eigenvalue weighted by Crippen LogP contribution is 2.44. The first-order valence-electron chi connectivity index (χ1n) is 4.00. The van der Waals surface area contributed by atoms with Gasteiger partial charge >= 0.3 is 0 Å². The number of hydrogen-bond acceptors (Lipinski definition) is 2. The van der Waals surface area contributed by atoms with Crippen molar-refractivity contribution in [3.05, 3.63) is 12.2 Å². The van der Waals surface area contributed by atoms with Crippen LogP contribution >= 0.6 is 0 Å². The van der Waals surface area contributed by atoms with Crippen LogP contribution in [-0.4, -0.2) is 25.9 Å². The minimum atomic E-state index is 0.0263. The van der Waals surface area contributed by atoms with Gasteiger partial charge in [-0.15, -0.1) is 0 Å². The van der Waals surface area contributed by atoms with E-state index in [9.17, 15) is 0 Å². The molecule has 0 spiro atoms. The highest BCUT2D eigenvalue weighted by molar-refractivity contribution is 5.19. The van der Waals surface area contributed by atoms with Crippen LogP contribution in [0.5, 0.6) is 0 Å². The van der Waals surface area contributed by atoms with E-state index in [1.807, 2.05) is 6.92 Å². The van der Waals surface area contributed by atoms with Gasteiger partial charge in [0, 0.05) is 7.11 Å². The van der Waals surface area contributed by atoms with Crippen molar-refractivity contribution in [3.63, 3.8) is 0 Å². The smallest absolute Gasteiger partial charge is 0.0889 e. The lowest BCUT2D eigenvalue weighted by molar-refractivity contribution is 0.0207. The summed E-state index contributed by atoms with van der Waals surface area (Å²) in [5.41, 5.74) is 1.17. The number of rotatable bonds is 5. The molecule has 0 aromatic rings. The summed E-state index contributed by atoms with van der Waals surface area (Å²) in [5, 5.41) is 0. The lowest BCUT2D eigenvalue weighted by atomic mass is 10.2. The molecule has 1 fully saturated rings. The molecule has 1 rings (SSSR count). The fourth-order valence-corrected chi connectivity index (χ4v) is 1.13. The molecule has 2 heteroatoms. The zero-order valence-corrected chi connectivity index (χ0v) is 7.35. The zero-order chi connectivity index (χ0) is 8.32. The van der Waals surface area contributed by atoms with Crippen LogP contribution in [-0.2, 0) is 9.47 Å². The molecule has 0 heterocycles. The van der Waals surface area contributed by atoms with Crippen LogP contribution in [0, 0.1) is 0 Å². The van der Waals surface area contributed by atoms with Gasteiger partial charge in [-0.05, 0) is 25.3 Å². The Hall–Kier alpha value is -0.340. The highest BCUT2D eigenvalue weighted by atomic mass is 16.5. The SMILES string of the molecule is C=C(C)C1(OCCOC)CC1. The molecular formula is C9H16O2. The summed E-state index contributed by atoms with van der Waals surface area (Å²) in [6, 6.07) is 0. The van der Waals surface area contributed by atoms with E-state index < -0.39 is 0 Å². The van der Waals surface area contributed by atoms with Crippen LogP contribution in [0.25, 0.3) is 0 Å². The fourth-order valence-electron chi connectivity index (χ4n) is 1.13. The Balaban J connectivity index is 2.20. The second-order valence-corrected chi connectivity index (χ2v) is 3.12. The molecule has 64 valence electrons. The van der Waals surface area contributed by atoms with Crippen LogP contribution in [0.15, 0.2) is 12.2 Å². The van der Waals surface area contributed by atoms with Gasteiger partial charge in [0.25, 0.3) is 0 Å². The minimum Gasteiger partial charge on any atom is -0.382 e. The Morgan fingerprint density at radius 3 is 2.45 bits per heavy atom. The van der Waals surface area contributed by atoms with Gasteiger partial charge in [0.2, 0.25) is 0 Å². The number of hydrogen-bond donors (Lipinski definition) is 0. The molecule has 0 aliphatic heterocycles. The summed E-state index contributed by atoms with van der Waals surface area (Å²) in [7, 11) is 1.68. The van der Waals surface area contributed by atoms with Crippen molar-refractivity contribution in [2.75, 3.05) is 20.3 Å². The van der Waals surface area contributed by atoms with E-state index in [4.69, 9.17) is 9.47 Å². The van der Waals surface area contributed by atoms with E-state index in [-0.39, 0.29) is 5.60 Å². The Morgan fingerprint density at radius 1 is 1.45 bits per heavy atom. The van der Waals surface area contributed by atoms with Crippen LogP contribution in [0.2, 0.25) is 0 Å². The van der Waals surface area contributed by atoms with Crippen molar-refractivity contribution < 1.29 is 9.47 Å². The summed E-state index contributed by atoms with van der Waals surface area (Å²) in [5.74, 6) is 0. The molecule has 0 amide bonds. The second-order valence-electron chi connectivity index (χ2n) is 3.12. The first kappa shape index (κ1) is 8.75. The summed E-state index contributed by atoms with van der Waals surface area (Å²) in [6.45, 7) is 7.29. The number of ether oxygens (including phenoxy) is 2. The van der Waals surface area contributed by atoms with Gasteiger partial charge in [-0.1, -0.05) is 6.58 Å². The van der Waals surface area contributed by atoms with Crippen molar-refractivity contribution in [1.29, 1.82) is 0 Å². The van der Waals surface area contributed by atoms with Gasteiger partial charge in [-0.2, -0.15) is 0 Å². The largest absolute Gasteiger partial charge is 0.382 e. The Morgan fingerprint density at radius 2 is 2.09 bits per heavy atom. The Kier molecular flexibility index (Phi) is 2.68. The maximum Gasteiger partial charge on any atom is 0.0889 e. The molecule has 0 unspecified atom stereocenters. The fraction of sp³-hybridized carbons (Fsp3) is 0.778. The van der Waals surface area contributed by atoms with E-state index in [0.717, 1.165) is 18.4 Å². The second kappa shape index (κ2) is 3.37. The van der Waals surface area contributed by atoms with E-state index in [2.05, 4.69) is 6.58 Å². The molecule has 1 aliphatic carbocycles. The first-order chi connectivity index (χ1) is 5.21. The topological polar surface area (TPSA) is 18.5 Å². The van der Waals surface area contributed by atoms with E-state index in [1.54, 1.807) is 7.11 Å². The Labute approximate surface area is 68.2 Å². The molecule has 0 saturated heterocycles. The van der Waals surface area contributed by atoms with Gasteiger partial charge in [0.1, 0.15) is 0 Å². The molecule has 11 heavy (non-hydrogen) atoms. The molecule has 0 radical (unpaired) electrons. The maximum atomic E-state index is 5.62. The van der Waals surface area contributed by atoms with Crippen molar-refractivity contribution in [1.82, 2.24) is 0 Å². The van der Waals surface area contributed by atoms with Crippen molar-refractivity contribution in [2.24, 2.45) is 0 Å². The van der Waals surface area contributed by atoms with Gasteiger partial charge in [0.15, 0.2) is 0 Å². The summed E-state index contributed by atoms with van der Waals surface area (Å²) >= 11 is 0. The third kappa shape index (κ3) is 2.04. The van der Waals surface area contributed by atoms with Crippen LogP contribution in [0.3, 0.4) is 0 Å². The monoisotopic (exact) mass is 156 g/mol. The van der Waals surface area contributed by atoms with Gasteiger partial charge < -0.3 is 9.47 Å². The molecule has 0 aromatic heterocycles. The molecule has 0 N–H and O–H groups in total. The van der Waals surface area contributed by atoms with Crippen LogP contribution in [0.1, 0.15) is 19.8 Å². The maximum absolute atomic E-state index is 5.62. The highest BCUT2D eigenvalue weighted by Gasteiger charge is 2.44. The molecule has 1 saturated carbocycles. The van der Waals surface area contributed by atoms with E-state index in [0.29, 0.717) is 13.2 Å². The third-order valence-corrected chi connectivity index (χ3v) is 2.15. The van der Waals surface area contributed by atoms with Crippen molar-refractivity contribution in [2.45, 2.75) is 25.4 Å². The average Bonchev–Trinajstić information content (AvgIpc) is 2.70. The van der Waals surface area contributed by atoms with Crippen molar-refractivity contribution >= 4 is 0 Å². The summed E-state index contributed by atoms with van der Waals surface area (Å²) in [4.78, 5) is 0. The molecular weight excluding hydrogens is 140 g/mol. The normalized spacial score (nSPS) is 19.8. The Bertz CT molecular complexity index is 148. The lowest BCUT2D eigenvalue weighted by Crippen LogP contribution is -2.17. The third-order valence-electron chi connectivity index (χ3n) is 2.15. The van der Waals surface area contributed by atoms with Gasteiger partial charge in [-0.25, -0.2) is 0 Å². The van der Waals surface area contributed by atoms with Crippen LogP contribution < -0.4 is 0 Å². The van der Waals surface area contributed by atoms with Crippen molar-refractivity contribution in [3.8, 4) is 0 Å². The first-order valence-corrected chi connectivity index (χ1v) is 4.00. The van der Waals surface area contributed by atoms with Crippen LogP contribution in [0.4, 0.5) is 0 Å². The van der Waals surface area contributed by atoms with E-state index >= 15 is 0 Å². The molecule has 0 atom stereocenters. The quantitative estimate of drug-likeness (QED) is 0.446. The molecule has 2 nitrogen and oxygen atoms in total. The summed E-state index contributed by atoms with van der Waals surface area (Å²) < 4.78 is 10.5. The van der Waals surface area contributed by atoms with Gasteiger partial charge in [0.05, 0.1) is 18.8 Å². The zero-order valence-electron chi connectivity index (χ0n) is 7.35. The van der Waals surface area contributed by atoms with E-state index in [1.165, 1.54) is 0 Å². The predicted molar refractivity (Wildman–Crippen MR) is 44.6 cm³/mol. The van der Waals surface area contributed by atoms with Gasteiger partial charge in [-0.3, -0.25) is 0 Å². The molecule has 0 bridgehead atoms. The standard InChI is InChI=1S/C9H16O2/c1-8(2)9(4-5-9)11-7-6-10-3/h1,4-7H2,2-3H3. The molecule has 0 aromatic carbocycles. The lowest BCUT2D eigenvalue weighted by Gasteiger charge is -2.15.